The van der Waals surface area contributed by atoms with Gasteiger partial charge in [0.15, 0.2) is 0 Å². The van der Waals surface area contributed by atoms with E-state index in [1.165, 1.54) is 0 Å². The highest BCUT2D eigenvalue weighted by atomic mass is 32.2. The number of hydrogen-bond donors (Lipinski definition) is 2. The van der Waals surface area contributed by atoms with E-state index in [0.29, 0.717) is 6.42 Å². The fourth-order valence-electron chi connectivity index (χ4n) is 1.38. The van der Waals surface area contributed by atoms with Gasteiger partial charge in [-0.05, 0) is 30.7 Å². The lowest BCUT2D eigenvalue weighted by atomic mass is 10.2. The Bertz CT molecular complexity index is 358. The summed E-state index contributed by atoms with van der Waals surface area (Å²) < 4.78 is 5.26. The van der Waals surface area contributed by atoms with Crippen molar-refractivity contribution in [1.29, 1.82) is 0 Å². The molecule has 1 amide bonds. The van der Waals surface area contributed by atoms with E-state index in [2.05, 4.69) is 5.43 Å². The van der Waals surface area contributed by atoms with Crippen molar-refractivity contribution in [3.63, 3.8) is 0 Å². The Hall–Kier alpha value is -1.20. The third kappa shape index (κ3) is 5.10. The van der Waals surface area contributed by atoms with Crippen LogP contribution in [0.25, 0.3) is 0 Å². The molecule has 0 saturated heterocycles. The maximum absolute atomic E-state index is 10.9. The van der Waals surface area contributed by atoms with Crippen LogP contribution in [-0.4, -0.2) is 18.8 Å². The Morgan fingerprint density at radius 2 is 2.18 bits per heavy atom. The van der Waals surface area contributed by atoms with Crippen LogP contribution in [0, 0.1) is 0 Å². The van der Waals surface area contributed by atoms with Crippen LogP contribution in [0.5, 0.6) is 5.75 Å². The van der Waals surface area contributed by atoms with E-state index >= 15 is 0 Å². The molecule has 0 heterocycles. The molecule has 1 aromatic carbocycles. The molecule has 5 heteroatoms. The molecule has 0 aliphatic heterocycles. The second-order valence-corrected chi connectivity index (χ2v) is 4.66. The molecule has 0 fully saturated rings. The summed E-state index contributed by atoms with van der Waals surface area (Å²) in [5.74, 6) is 6.76. The lowest BCUT2D eigenvalue weighted by Crippen LogP contribution is -2.29. The normalized spacial score (nSPS) is 10.0. The zero-order valence-corrected chi connectivity index (χ0v) is 10.8. The van der Waals surface area contributed by atoms with E-state index in [-0.39, 0.29) is 5.91 Å². The van der Waals surface area contributed by atoms with Crippen molar-refractivity contribution >= 4 is 17.7 Å². The summed E-state index contributed by atoms with van der Waals surface area (Å²) in [6.07, 6.45) is 2.32. The number of carbonyl (C=O) groups excluding carboxylic acids is 1. The summed E-state index contributed by atoms with van der Waals surface area (Å²) >= 11 is 1.74. The first-order valence-electron chi connectivity index (χ1n) is 5.53. The van der Waals surface area contributed by atoms with Crippen LogP contribution >= 0.6 is 11.8 Å². The van der Waals surface area contributed by atoms with Crippen LogP contribution in [-0.2, 0) is 4.79 Å². The number of benzene rings is 1. The van der Waals surface area contributed by atoms with Crippen molar-refractivity contribution in [3.8, 4) is 5.75 Å². The number of amides is 1. The Morgan fingerprint density at radius 3 is 2.88 bits per heavy atom. The second kappa shape index (κ2) is 7.97. The minimum Gasteiger partial charge on any atom is -0.496 e. The van der Waals surface area contributed by atoms with E-state index < -0.39 is 0 Å². The fraction of sp³-hybridized carbons (Fsp3) is 0.417. The summed E-state index contributed by atoms with van der Waals surface area (Å²) in [6, 6.07) is 7.93. The topological polar surface area (TPSA) is 64.3 Å². The average molecular weight is 254 g/mol. The van der Waals surface area contributed by atoms with Crippen molar-refractivity contribution in [2.45, 2.75) is 24.2 Å². The highest BCUT2D eigenvalue weighted by molar-refractivity contribution is 7.99. The van der Waals surface area contributed by atoms with Gasteiger partial charge >= 0.3 is 0 Å². The monoisotopic (exact) mass is 254 g/mol. The molecule has 0 unspecified atom stereocenters. The summed E-state index contributed by atoms with van der Waals surface area (Å²) in [5.41, 5.74) is 2.13. The van der Waals surface area contributed by atoms with Gasteiger partial charge in [0, 0.05) is 11.3 Å². The van der Waals surface area contributed by atoms with Gasteiger partial charge in [0.05, 0.1) is 7.11 Å². The minimum absolute atomic E-state index is 0.104. The largest absolute Gasteiger partial charge is 0.496 e. The summed E-state index contributed by atoms with van der Waals surface area (Å²) in [4.78, 5) is 12.0. The van der Waals surface area contributed by atoms with Crippen molar-refractivity contribution in [1.82, 2.24) is 5.43 Å². The molecular formula is C12H18N2O2S. The SMILES string of the molecule is COc1ccccc1SCCCCC(=O)NN. The Labute approximate surface area is 106 Å². The number of nitrogens with one attached hydrogen (secondary N) is 1. The van der Waals surface area contributed by atoms with E-state index in [1.807, 2.05) is 24.3 Å². The van der Waals surface area contributed by atoms with Crippen molar-refractivity contribution < 1.29 is 9.53 Å². The molecule has 0 saturated carbocycles. The molecule has 0 bridgehead atoms. The van der Waals surface area contributed by atoms with Gasteiger partial charge in [0.25, 0.3) is 0 Å². The van der Waals surface area contributed by atoms with E-state index in [4.69, 9.17) is 10.6 Å². The number of unbranched alkanes of at least 4 members (excludes halogenated alkanes) is 1. The first-order chi connectivity index (χ1) is 8.27. The van der Waals surface area contributed by atoms with Gasteiger partial charge in [-0.25, -0.2) is 5.84 Å². The third-order valence-electron chi connectivity index (χ3n) is 2.29. The average Bonchev–Trinajstić information content (AvgIpc) is 2.38. The Balaban J connectivity index is 2.24. The minimum atomic E-state index is -0.104. The molecule has 0 spiro atoms. The number of para-hydroxylation sites is 1. The molecule has 0 aliphatic rings. The molecule has 1 rings (SSSR count). The molecule has 17 heavy (non-hydrogen) atoms. The lowest BCUT2D eigenvalue weighted by molar-refractivity contribution is -0.121. The van der Waals surface area contributed by atoms with Crippen molar-refractivity contribution in [3.05, 3.63) is 24.3 Å². The highest BCUT2D eigenvalue weighted by Crippen LogP contribution is 2.29. The van der Waals surface area contributed by atoms with Crippen LogP contribution in [0.3, 0.4) is 0 Å². The number of ether oxygens (including phenoxy) is 1. The van der Waals surface area contributed by atoms with Gasteiger partial charge in [0.2, 0.25) is 5.91 Å². The van der Waals surface area contributed by atoms with Gasteiger partial charge < -0.3 is 4.74 Å². The van der Waals surface area contributed by atoms with Crippen molar-refractivity contribution in [2.75, 3.05) is 12.9 Å². The van der Waals surface area contributed by atoms with Crippen LogP contribution in [0.2, 0.25) is 0 Å². The predicted molar refractivity (Wildman–Crippen MR) is 69.9 cm³/mol. The zero-order valence-electron chi connectivity index (χ0n) is 9.94. The first-order valence-corrected chi connectivity index (χ1v) is 6.51. The lowest BCUT2D eigenvalue weighted by Gasteiger charge is -2.07. The molecule has 94 valence electrons. The Kier molecular flexibility index (Phi) is 6.50. The first kappa shape index (κ1) is 13.9. The predicted octanol–water partition coefficient (Wildman–Crippen LogP) is 1.95. The van der Waals surface area contributed by atoms with Gasteiger partial charge in [-0.3, -0.25) is 10.2 Å². The number of methoxy groups -OCH3 is 1. The number of hydrazine groups is 1. The number of carbonyl (C=O) groups is 1. The zero-order chi connectivity index (χ0) is 12.5. The molecule has 3 N–H and O–H groups in total. The van der Waals surface area contributed by atoms with Crippen LogP contribution in [0.15, 0.2) is 29.2 Å². The number of nitrogens with two attached hydrogens (primary N) is 1. The van der Waals surface area contributed by atoms with Crippen LogP contribution in [0.1, 0.15) is 19.3 Å². The molecule has 0 aromatic heterocycles. The summed E-state index contributed by atoms with van der Waals surface area (Å²) in [7, 11) is 1.67. The van der Waals surface area contributed by atoms with E-state index in [9.17, 15) is 4.79 Å². The molecule has 0 atom stereocenters. The maximum atomic E-state index is 10.9. The number of hydrogen-bond acceptors (Lipinski definition) is 4. The smallest absolute Gasteiger partial charge is 0.233 e. The maximum Gasteiger partial charge on any atom is 0.233 e. The molecule has 1 aromatic rings. The van der Waals surface area contributed by atoms with E-state index in [0.717, 1.165) is 29.2 Å². The van der Waals surface area contributed by atoms with Crippen LogP contribution < -0.4 is 16.0 Å². The van der Waals surface area contributed by atoms with Gasteiger partial charge in [-0.1, -0.05) is 12.1 Å². The fourth-order valence-corrected chi connectivity index (χ4v) is 2.42. The number of thioether (sulfide) groups is 1. The molecule has 4 nitrogen and oxygen atoms in total. The van der Waals surface area contributed by atoms with Crippen LogP contribution in [0.4, 0.5) is 0 Å². The summed E-state index contributed by atoms with van der Waals surface area (Å²) in [6.45, 7) is 0. The third-order valence-corrected chi connectivity index (χ3v) is 3.43. The standard InChI is InChI=1S/C12H18N2O2S/c1-16-10-6-2-3-7-11(10)17-9-5-4-8-12(15)14-13/h2-3,6-7H,4-5,8-9,13H2,1H3,(H,14,15). The molecule has 0 aliphatic carbocycles. The molecular weight excluding hydrogens is 236 g/mol. The van der Waals surface area contributed by atoms with Gasteiger partial charge in [-0.15, -0.1) is 11.8 Å². The van der Waals surface area contributed by atoms with Gasteiger partial charge in [-0.2, -0.15) is 0 Å². The van der Waals surface area contributed by atoms with Gasteiger partial charge in [0.1, 0.15) is 5.75 Å². The second-order valence-electron chi connectivity index (χ2n) is 3.52. The van der Waals surface area contributed by atoms with E-state index in [1.54, 1.807) is 18.9 Å². The molecule has 0 radical (unpaired) electrons. The quantitative estimate of drug-likeness (QED) is 0.257. The summed E-state index contributed by atoms with van der Waals surface area (Å²) in [5, 5.41) is 0. The van der Waals surface area contributed by atoms with Crippen molar-refractivity contribution in [2.24, 2.45) is 5.84 Å². The Morgan fingerprint density at radius 1 is 1.41 bits per heavy atom. The highest BCUT2D eigenvalue weighted by Gasteiger charge is 2.02. The number of rotatable bonds is 7.